The van der Waals surface area contributed by atoms with Crippen LogP contribution in [-0.4, -0.2) is 84.7 Å². The number of hydrogen-bond acceptors (Lipinski definition) is 10. The summed E-state index contributed by atoms with van der Waals surface area (Å²) in [6, 6.07) is 5.13. The number of primary amides is 1. The van der Waals surface area contributed by atoms with Gasteiger partial charge in [-0.15, -0.1) is 0 Å². The molecule has 0 saturated carbocycles. The summed E-state index contributed by atoms with van der Waals surface area (Å²) in [5.74, 6) is -2.86. The van der Waals surface area contributed by atoms with Gasteiger partial charge in [-0.2, -0.15) is 0 Å². The third-order valence-corrected chi connectivity index (χ3v) is 8.13. The Morgan fingerprint density at radius 3 is 2.21 bits per heavy atom. The van der Waals surface area contributed by atoms with Gasteiger partial charge < -0.3 is 46.4 Å². The molecule has 5 unspecified atom stereocenters. The molecule has 0 aromatic heterocycles. The quantitative estimate of drug-likeness (QED) is 0.161. The summed E-state index contributed by atoms with van der Waals surface area (Å²) in [7, 11) is 0. The Balaban J connectivity index is 1.61. The van der Waals surface area contributed by atoms with E-state index in [1.165, 1.54) is 0 Å². The van der Waals surface area contributed by atoms with Crippen molar-refractivity contribution in [2.75, 3.05) is 13.1 Å². The van der Waals surface area contributed by atoms with Gasteiger partial charge in [0.05, 0.1) is 12.1 Å². The number of urea groups is 1. The standard InChI is InChI=1S/C34H53N5O9/c1-19(2)22(18-25(41)27-26(35)28-30(45-27)47-34(6,7)46-28)29(42)39-23(9-8-15-37-31(36)43)24(40)17-21-12-10-20(11-13-21)14-16-38-32(44)48-33(3,4)5/h10-13,19,22-23,26-28,30H,8-9,14-18,35H2,1-7H3,(H,38,44)(H,39,42)(H3,36,37,43)/t22-,23?,26?,27?,28?,30?/m1/s1. The van der Waals surface area contributed by atoms with Crippen LogP contribution in [0.2, 0.25) is 0 Å². The fraction of sp³-hybridized carbons (Fsp3) is 0.676. The number of amides is 4. The van der Waals surface area contributed by atoms with Gasteiger partial charge in [0, 0.05) is 31.8 Å². The number of Topliss-reactive ketones (excluding diaryl/α,β-unsaturated/α-hetero) is 2. The van der Waals surface area contributed by atoms with E-state index in [4.69, 9.17) is 30.4 Å². The molecule has 0 aliphatic carbocycles. The first-order chi connectivity index (χ1) is 22.3. The van der Waals surface area contributed by atoms with Crippen LogP contribution in [0.4, 0.5) is 9.59 Å². The molecular formula is C34H53N5O9. The van der Waals surface area contributed by atoms with Crippen molar-refractivity contribution >= 4 is 29.6 Å². The minimum atomic E-state index is -0.987. The van der Waals surface area contributed by atoms with Crippen LogP contribution in [0.1, 0.15) is 78.9 Å². The molecule has 14 nitrogen and oxygen atoms in total. The summed E-state index contributed by atoms with van der Waals surface area (Å²) in [4.78, 5) is 63.5. The van der Waals surface area contributed by atoms with E-state index in [1.807, 2.05) is 38.1 Å². The van der Waals surface area contributed by atoms with E-state index in [0.717, 1.165) is 11.1 Å². The highest BCUT2D eigenvalue weighted by Gasteiger charge is 2.55. The Morgan fingerprint density at radius 2 is 1.62 bits per heavy atom. The summed E-state index contributed by atoms with van der Waals surface area (Å²) in [5, 5.41) is 8.09. The number of nitrogens with two attached hydrogens (primary N) is 2. The van der Waals surface area contributed by atoms with E-state index in [9.17, 15) is 24.0 Å². The average molecular weight is 676 g/mol. The number of fused-ring (bicyclic) bond motifs is 1. The molecule has 4 amide bonds. The van der Waals surface area contributed by atoms with Crippen LogP contribution in [0.15, 0.2) is 24.3 Å². The molecule has 1 aromatic rings. The number of carbonyl (C=O) groups excluding carboxylic acids is 5. The number of nitrogens with one attached hydrogen (secondary N) is 3. The zero-order valence-corrected chi connectivity index (χ0v) is 29.1. The van der Waals surface area contributed by atoms with E-state index < -0.39 is 65.9 Å². The van der Waals surface area contributed by atoms with Crippen LogP contribution < -0.4 is 27.4 Å². The maximum atomic E-state index is 13.6. The SMILES string of the molecule is CC(C)[C@@H](CC(=O)C1OC2OC(C)(C)OC2C1N)C(=O)NC(CCCNC(N)=O)C(=O)Cc1ccc(CCNC(=O)OC(C)(C)C)cc1. The Bertz CT molecular complexity index is 1290. The highest BCUT2D eigenvalue weighted by Crippen LogP contribution is 2.37. The van der Waals surface area contributed by atoms with Crippen molar-refractivity contribution in [2.45, 2.75) is 123 Å². The van der Waals surface area contributed by atoms with E-state index in [-0.39, 0.29) is 43.3 Å². The number of ether oxygens (including phenoxy) is 4. The van der Waals surface area contributed by atoms with Gasteiger partial charge in [-0.1, -0.05) is 38.1 Å². The van der Waals surface area contributed by atoms with Gasteiger partial charge in [-0.3, -0.25) is 14.4 Å². The van der Waals surface area contributed by atoms with Crippen molar-refractivity contribution < 1.29 is 42.9 Å². The molecule has 0 spiro atoms. The monoisotopic (exact) mass is 675 g/mol. The lowest BCUT2D eigenvalue weighted by molar-refractivity contribution is -0.206. The third-order valence-electron chi connectivity index (χ3n) is 8.13. The number of alkyl carbamates (subject to hydrolysis) is 1. The predicted octanol–water partition coefficient (Wildman–Crippen LogP) is 2.23. The smallest absolute Gasteiger partial charge is 0.407 e. The molecular weight excluding hydrogens is 622 g/mol. The number of benzene rings is 1. The normalized spacial score (nSPS) is 22.8. The van der Waals surface area contributed by atoms with Gasteiger partial charge in [-0.25, -0.2) is 9.59 Å². The van der Waals surface area contributed by atoms with Crippen LogP contribution in [-0.2, 0) is 46.2 Å². The second kappa shape index (κ2) is 16.7. The summed E-state index contributed by atoms with van der Waals surface area (Å²) in [5.41, 5.74) is 12.6. The number of ketones is 2. The molecule has 2 saturated heterocycles. The highest BCUT2D eigenvalue weighted by atomic mass is 16.8. The van der Waals surface area contributed by atoms with Crippen LogP contribution in [0.3, 0.4) is 0 Å². The largest absolute Gasteiger partial charge is 0.444 e. The number of rotatable bonds is 16. The molecule has 48 heavy (non-hydrogen) atoms. The molecule has 0 radical (unpaired) electrons. The average Bonchev–Trinajstić information content (AvgIpc) is 3.44. The van der Waals surface area contributed by atoms with Crippen LogP contribution in [0.25, 0.3) is 0 Å². The van der Waals surface area contributed by atoms with E-state index in [2.05, 4.69) is 16.0 Å². The number of carbonyl (C=O) groups is 5. The van der Waals surface area contributed by atoms with Gasteiger partial charge in [0.15, 0.2) is 23.6 Å². The molecule has 14 heteroatoms. The molecule has 1 aromatic carbocycles. The predicted molar refractivity (Wildman–Crippen MR) is 176 cm³/mol. The Morgan fingerprint density at radius 1 is 0.979 bits per heavy atom. The van der Waals surface area contributed by atoms with Crippen molar-refractivity contribution in [3.05, 3.63) is 35.4 Å². The zero-order chi connectivity index (χ0) is 35.8. The second-order valence-electron chi connectivity index (χ2n) is 14.3. The summed E-state index contributed by atoms with van der Waals surface area (Å²) < 4.78 is 22.6. The van der Waals surface area contributed by atoms with Crippen LogP contribution in [0, 0.1) is 11.8 Å². The second-order valence-corrected chi connectivity index (χ2v) is 14.3. The molecule has 0 bridgehead atoms. The van der Waals surface area contributed by atoms with Gasteiger partial charge >= 0.3 is 12.1 Å². The first-order valence-electron chi connectivity index (χ1n) is 16.6. The molecule has 2 aliphatic heterocycles. The van der Waals surface area contributed by atoms with Crippen molar-refractivity contribution in [1.82, 2.24) is 16.0 Å². The third kappa shape index (κ3) is 11.8. The van der Waals surface area contributed by atoms with Crippen molar-refractivity contribution in [1.29, 1.82) is 0 Å². The maximum Gasteiger partial charge on any atom is 0.407 e. The molecule has 6 atom stereocenters. The van der Waals surface area contributed by atoms with Gasteiger partial charge in [0.1, 0.15) is 17.8 Å². The molecule has 2 aliphatic rings. The summed E-state index contributed by atoms with van der Waals surface area (Å²) in [6.07, 6.45) is -1.71. The van der Waals surface area contributed by atoms with Crippen LogP contribution >= 0.6 is 0 Å². The van der Waals surface area contributed by atoms with Crippen molar-refractivity contribution in [3.63, 3.8) is 0 Å². The lowest BCUT2D eigenvalue weighted by Gasteiger charge is -2.26. The zero-order valence-electron chi connectivity index (χ0n) is 29.1. The van der Waals surface area contributed by atoms with Crippen molar-refractivity contribution in [3.8, 4) is 0 Å². The van der Waals surface area contributed by atoms with E-state index in [1.54, 1.807) is 34.6 Å². The first kappa shape index (κ1) is 38.9. The molecule has 2 fully saturated rings. The Labute approximate surface area is 282 Å². The summed E-state index contributed by atoms with van der Waals surface area (Å²) >= 11 is 0. The van der Waals surface area contributed by atoms with Gasteiger partial charge in [0.25, 0.3) is 0 Å². The van der Waals surface area contributed by atoms with Gasteiger partial charge in [0.2, 0.25) is 5.91 Å². The Hall–Kier alpha value is -3.59. The molecule has 268 valence electrons. The Kier molecular flexibility index (Phi) is 13.5. The maximum absolute atomic E-state index is 13.6. The summed E-state index contributed by atoms with van der Waals surface area (Å²) in [6.45, 7) is 13.1. The minimum Gasteiger partial charge on any atom is -0.444 e. The lowest BCUT2D eigenvalue weighted by atomic mass is 9.86. The highest BCUT2D eigenvalue weighted by molar-refractivity contribution is 5.94. The topological polar surface area (TPSA) is 210 Å². The molecule has 3 rings (SSSR count). The minimum absolute atomic E-state index is 0.0554. The van der Waals surface area contributed by atoms with Crippen molar-refractivity contribution in [2.24, 2.45) is 23.3 Å². The lowest BCUT2D eigenvalue weighted by Crippen LogP contribution is -2.48. The molecule has 2 heterocycles. The van der Waals surface area contributed by atoms with Gasteiger partial charge in [-0.05, 0) is 70.9 Å². The van der Waals surface area contributed by atoms with E-state index in [0.29, 0.717) is 19.4 Å². The van der Waals surface area contributed by atoms with Crippen LogP contribution in [0.5, 0.6) is 0 Å². The van der Waals surface area contributed by atoms with E-state index >= 15 is 0 Å². The first-order valence-corrected chi connectivity index (χ1v) is 16.6. The number of hydrogen-bond donors (Lipinski definition) is 5. The fourth-order valence-corrected chi connectivity index (χ4v) is 5.67. The molecule has 7 N–H and O–H groups in total. The fourth-order valence-electron chi connectivity index (χ4n) is 5.67.